The van der Waals surface area contributed by atoms with Crippen LogP contribution in [-0.4, -0.2) is 31.6 Å². The zero-order valence-corrected chi connectivity index (χ0v) is 12.8. The number of furan rings is 1. The summed E-state index contributed by atoms with van der Waals surface area (Å²) in [5, 5.41) is 7.97. The van der Waals surface area contributed by atoms with E-state index in [1.165, 1.54) is 6.26 Å². The normalized spacial score (nSPS) is 9.96. The van der Waals surface area contributed by atoms with Crippen molar-refractivity contribution in [3.8, 4) is 5.75 Å². The SMILES string of the molecule is CCOc1ccc(NC(=O)NCCNC(=O)c2ccco2)cc1. The van der Waals surface area contributed by atoms with Crippen LogP contribution in [0.15, 0.2) is 47.1 Å². The zero-order valence-electron chi connectivity index (χ0n) is 12.8. The van der Waals surface area contributed by atoms with E-state index in [2.05, 4.69) is 16.0 Å². The highest BCUT2D eigenvalue weighted by Crippen LogP contribution is 2.15. The molecule has 0 radical (unpaired) electrons. The van der Waals surface area contributed by atoms with E-state index >= 15 is 0 Å². The number of anilines is 1. The standard InChI is InChI=1S/C16H19N3O4/c1-2-22-13-7-5-12(6-8-13)19-16(21)18-10-9-17-15(20)14-4-3-11-23-14/h3-8,11H,2,9-10H2,1H3,(H,17,20)(H2,18,19,21). The van der Waals surface area contributed by atoms with Crippen LogP contribution in [0.5, 0.6) is 5.75 Å². The van der Waals surface area contributed by atoms with E-state index in [0.29, 0.717) is 25.4 Å². The molecular weight excluding hydrogens is 298 g/mol. The predicted octanol–water partition coefficient (Wildman–Crippen LogP) is 2.23. The van der Waals surface area contributed by atoms with Crippen molar-refractivity contribution in [2.45, 2.75) is 6.92 Å². The van der Waals surface area contributed by atoms with Gasteiger partial charge in [-0.25, -0.2) is 4.79 Å². The highest BCUT2D eigenvalue weighted by atomic mass is 16.5. The fourth-order valence-corrected chi connectivity index (χ4v) is 1.82. The summed E-state index contributed by atoms with van der Waals surface area (Å²) >= 11 is 0. The van der Waals surface area contributed by atoms with Gasteiger partial charge in [-0.05, 0) is 43.3 Å². The third-order valence-corrected chi connectivity index (χ3v) is 2.86. The Balaban J connectivity index is 1.66. The largest absolute Gasteiger partial charge is 0.494 e. The van der Waals surface area contributed by atoms with Crippen molar-refractivity contribution in [2.24, 2.45) is 0 Å². The van der Waals surface area contributed by atoms with Crippen molar-refractivity contribution in [2.75, 3.05) is 25.0 Å². The fourth-order valence-electron chi connectivity index (χ4n) is 1.82. The van der Waals surface area contributed by atoms with Crippen LogP contribution in [0.1, 0.15) is 17.5 Å². The van der Waals surface area contributed by atoms with Crippen LogP contribution >= 0.6 is 0 Å². The van der Waals surface area contributed by atoms with Crippen LogP contribution in [0.25, 0.3) is 0 Å². The molecule has 1 aromatic carbocycles. The lowest BCUT2D eigenvalue weighted by Gasteiger charge is -2.09. The Kier molecular flexibility index (Phi) is 6.05. The van der Waals surface area contributed by atoms with E-state index in [-0.39, 0.29) is 17.7 Å². The molecule has 0 saturated heterocycles. The first-order chi connectivity index (χ1) is 11.2. The highest BCUT2D eigenvalue weighted by molar-refractivity contribution is 5.91. The first-order valence-corrected chi connectivity index (χ1v) is 7.28. The average Bonchev–Trinajstić information content (AvgIpc) is 3.08. The highest BCUT2D eigenvalue weighted by Gasteiger charge is 2.07. The quantitative estimate of drug-likeness (QED) is 0.683. The van der Waals surface area contributed by atoms with Crippen LogP contribution in [0.2, 0.25) is 0 Å². The number of carbonyl (C=O) groups is 2. The van der Waals surface area contributed by atoms with E-state index in [4.69, 9.17) is 9.15 Å². The molecule has 0 saturated carbocycles. The van der Waals surface area contributed by atoms with Crippen LogP contribution in [0.4, 0.5) is 10.5 Å². The third-order valence-electron chi connectivity index (χ3n) is 2.86. The number of rotatable bonds is 7. The first kappa shape index (κ1) is 16.4. The minimum atomic E-state index is -0.346. The summed E-state index contributed by atoms with van der Waals surface area (Å²) < 4.78 is 10.3. The van der Waals surface area contributed by atoms with Crippen molar-refractivity contribution in [1.82, 2.24) is 10.6 Å². The maximum atomic E-state index is 11.7. The number of hydrogen-bond donors (Lipinski definition) is 3. The number of urea groups is 1. The molecule has 7 heteroatoms. The molecule has 0 aliphatic heterocycles. The molecule has 0 aliphatic rings. The van der Waals surface area contributed by atoms with Crippen LogP contribution in [0.3, 0.4) is 0 Å². The van der Waals surface area contributed by atoms with Gasteiger partial charge in [0.25, 0.3) is 5.91 Å². The van der Waals surface area contributed by atoms with Gasteiger partial charge in [-0.3, -0.25) is 4.79 Å². The summed E-state index contributed by atoms with van der Waals surface area (Å²) in [5.41, 5.74) is 0.658. The molecule has 3 N–H and O–H groups in total. The van der Waals surface area contributed by atoms with Crippen molar-refractivity contribution in [3.05, 3.63) is 48.4 Å². The molecule has 1 heterocycles. The Morgan fingerprint density at radius 3 is 2.48 bits per heavy atom. The molecule has 0 aliphatic carbocycles. The van der Waals surface area contributed by atoms with Crippen molar-refractivity contribution < 1.29 is 18.7 Å². The molecule has 3 amide bonds. The molecule has 122 valence electrons. The lowest BCUT2D eigenvalue weighted by Crippen LogP contribution is -2.36. The molecule has 2 aromatic rings. The van der Waals surface area contributed by atoms with Gasteiger partial charge >= 0.3 is 6.03 Å². The van der Waals surface area contributed by atoms with Gasteiger partial charge in [-0.2, -0.15) is 0 Å². The molecule has 0 spiro atoms. The third kappa shape index (κ3) is 5.39. The Morgan fingerprint density at radius 2 is 1.83 bits per heavy atom. The smallest absolute Gasteiger partial charge is 0.319 e. The van der Waals surface area contributed by atoms with Gasteiger partial charge in [-0.15, -0.1) is 0 Å². The van der Waals surface area contributed by atoms with Gasteiger partial charge in [0.1, 0.15) is 5.75 Å². The number of amides is 3. The van der Waals surface area contributed by atoms with E-state index < -0.39 is 0 Å². The summed E-state index contributed by atoms with van der Waals surface area (Å²) in [6.45, 7) is 3.10. The number of ether oxygens (including phenoxy) is 1. The minimum absolute atomic E-state index is 0.240. The predicted molar refractivity (Wildman–Crippen MR) is 85.7 cm³/mol. The number of carbonyl (C=O) groups excluding carboxylic acids is 2. The topological polar surface area (TPSA) is 92.6 Å². The second-order valence-electron chi connectivity index (χ2n) is 4.57. The van der Waals surface area contributed by atoms with Crippen LogP contribution < -0.4 is 20.7 Å². The minimum Gasteiger partial charge on any atom is -0.494 e. The lowest BCUT2D eigenvalue weighted by atomic mass is 10.3. The van der Waals surface area contributed by atoms with Gasteiger partial charge < -0.3 is 25.1 Å². The average molecular weight is 317 g/mol. The molecule has 0 fully saturated rings. The van der Waals surface area contributed by atoms with E-state index in [1.807, 2.05) is 6.92 Å². The Hall–Kier alpha value is -2.96. The maximum Gasteiger partial charge on any atom is 0.319 e. The van der Waals surface area contributed by atoms with Crippen molar-refractivity contribution in [3.63, 3.8) is 0 Å². The van der Waals surface area contributed by atoms with Gasteiger partial charge in [0.2, 0.25) is 0 Å². The van der Waals surface area contributed by atoms with Gasteiger partial charge in [0, 0.05) is 18.8 Å². The van der Waals surface area contributed by atoms with Crippen molar-refractivity contribution >= 4 is 17.6 Å². The Morgan fingerprint density at radius 1 is 1.09 bits per heavy atom. The molecule has 1 aromatic heterocycles. The number of hydrogen-bond acceptors (Lipinski definition) is 4. The van der Waals surface area contributed by atoms with E-state index in [1.54, 1.807) is 36.4 Å². The Bertz CT molecular complexity index is 623. The molecule has 0 unspecified atom stereocenters. The van der Waals surface area contributed by atoms with E-state index in [9.17, 15) is 9.59 Å². The summed E-state index contributed by atoms with van der Waals surface area (Å²) in [6, 6.07) is 9.93. The first-order valence-electron chi connectivity index (χ1n) is 7.28. The Labute approximate surface area is 134 Å². The molecular formula is C16H19N3O4. The lowest BCUT2D eigenvalue weighted by molar-refractivity contribution is 0.0926. The monoisotopic (exact) mass is 317 g/mol. The summed E-state index contributed by atoms with van der Waals surface area (Å²) in [7, 11) is 0. The molecule has 2 rings (SSSR count). The van der Waals surface area contributed by atoms with Crippen LogP contribution in [0, 0.1) is 0 Å². The second kappa shape index (κ2) is 8.47. The van der Waals surface area contributed by atoms with Crippen LogP contribution in [-0.2, 0) is 0 Å². The molecule has 0 bridgehead atoms. The summed E-state index contributed by atoms with van der Waals surface area (Å²) in [5.74, 6) is 0.673. The van der Waals surface area contributed by atoms with Gasteiger partial charge in [0.05, 0.1) is 12.9 Å². The second-order valence-corrected chi connectivity index (χ2v) is 4.57. The fraction of sp³-hybridized carbons (Fsp3) is 0.250. The van der Waals surface area contributed by atoms with Crippen molar-refractivity contribution in [1.29, 1.82) is 0 Å². The summed E-state index contributed by atoms with van der Waals surface area (Å²) in [4.78, 5) is 23.3. The maximum absolute atomic E-state index is 11.7. The van der Waals surface area contributed by atoms with Gasteiger partial charge in [0.15, 0.2) is 5.76 Å². The number of nitrogens with one attached hydrogen (secondary N) is 3. The molecule has 7 nitrogen and oxygen atoms in total. The molecule has 23 heavy (non-hydrogen) atoms. The summed E-state index contributed by atoms with van der Waals surface area (Å²) in [6.07, 6.45) is 1.43. The zero-order chi connectivity index (χ0) is 16.5. The van der Waals surface area contributed by atoms with Gasteiger partial charge in [-0.1, -0.05) is 0 Å². The van der Waals surface area contributed by atoms with E-state index in [0.717, 1.165) is 5.75 Å². The molecule has 0 atom stereocenters. The number of benzene rings is 1.